The van der Waals surface area contributed by atoms with Gasteiger partial charge in [0.25, 0.3) is 0 Å². The van der Waals surface area contributed by atoms with Crippen LogP contribution in [0.3, 0.4) is 0 Å². The largest absolute Gasteiger partial charge is 0.381 e. The van der Waals surface area contributed by atoms with Gasteiger partial charge in [0.15, 0.2) is 0 Å². The van der Waals surface area contributed by atoms with Crippen molar-refractivity contribution in [3.8, 4) is 0 Å². The summed E-state index contributed by atoms with van der Waals surface area (Å²) in [6.45, 7) is 2.03. The monoisotopic (exact) mass is 296 g/mol. The number of amides is 2. The van der Waals surface area contributed by atoms with Crippen LogP contribution in [0.15, 0.2) is 18.2 Å². The Balaban J connectivity index is 1.66. The summed E-state index contributed by atoms with van der Waals surface area (Å²) in [6.07, 6.45) is 2.90. The molecule has 0 aromatic heterocycles. The van der Waals surface area contributed by atoms with Gasteiger partial charge in [-0.2, -0.15) is 0 Å². The van der Waals surface area contributed by atoms with Gasteiger partial charge in [0.1, 0.15) is 11.6 Å². The number of carbonyl (C=O) groups is 1. The SMILES string of the molecule is O=C(Nc1ccc(F)cc1F)N(C[C@H]1CCOC1)C1CC1. The molecule has 1 saturated heterocycles. The molecule has 21 heavy (non-hydrogen) atoms. The minimum Gasteiger partial charge on any atom is -0.381 e. The van der Waals surface area contributed by atoms with E-state index in [0.717, 1.165) is 38.0 Å². The molecule has 2 fully saturated rings. The maximum atomic E-state index is 13.6. The minimum absolute atomic E-state index is 0.00900. The third-order valence-corrected chi connectivity index (χ3v) is 3.90. The zero-order valence-electron chi connectivity index (χ0n) is 11.6. The van der Waals surface area contributed by atoms with E-state index < -0.39 is 11.6 Å². The summed E-state index contributed by atoms with van der Waals surface area (Å²) in [4.78, 5) is 14.1. The predicted octanol–water partition coefficient (Wildman–Crippen LogP) is 3.00. The molecule has 3 rings (SSSR count). The lowest BCUT2D eigenvalue weighted by Crippen LogP contribution is -2.40. The van der Waals surface area contributed by atoms with Gasteiger partial charge in [-0.25, -0.2) is 13.6 Å². The van der Waals surface area contributed by atoms with E-state index in [9.17, 15) is 13.6 Å². The maximum absolute atomic E-state index is 13.6. The Morgan fingerprint density at radius 1 is 1.33 bits per heavy atom. The van der Waals surface area contributed by atoms with Gasteiger partial charge in [-0.1, -0.05) is 0 Å². The molecule has 0 unspecified atom stereocenters. The number of nitrogens with zero attached hydrogens (tertiary/aromatic N) is 1. The molecule has 1 heterocycles. The summed E-state index contributed by atoms with van der Waals surface area (Å²) in [5, 5.41) is 2.54. The number of ether oxygens (including phenoxy) is 1. The second-order valence-corrected chi connectivity index (χ2v) is 5.67. The van der Waals surface area contributed by atoms with E-state index in [0.29, 0.717) is 19.1 Å². The van der Waals surface area contributed by atoms with Crippen LogP contribution >= 0.6 is 0 Å². The zero-order chi connectivity index (χ0) is 14.8. The third kappa shape index (κ3) is 3.50. The third-order valence-electron chi connectivity index (χ3n) is 3.90. The molecule has 0 bridgehead atoms. The second-order valence-electron chi connectivity index (χ2n) is 5.67. The first-order chi connectivity index (χ1) is 10.1. The molecule has 4 nitrogen and oxygen atoms in total. The van der Waals surface area contributed by atoms with Crippen molar-refractivity contribution in [2.45, 2.75) is 25.3 Å². The fraction of sp³-hybridized carbons (Fsp3) is 0.533. The van der Waals surface area contributed by atoms with E-state index >= 15 is 0 Å². The van der Waals surface area contributed by atoms with Gasteiger partial charge < -0.3 is 15.0 Å². The van der Waals surface area contributed by atoms with Crippen LogP contribution in [0.5, 0.6) is 0 Å². The number of rotatable bonds is 4. The van der Waals surface area contributed by atoms with Crippen molar-refractivity contribution in [3.05, 3.63) is 29.8 Å². The number of hydrogen-bond donors (Lipinski definition) is 1. The highest BCUT2D eigenvalue weighted by molar-refractivity contribution is 5.89. The summed E-state index contributed by atoms with van der Waals surface area (Å²) in [5.74, 6) is -1.08. The Labute approximate surface area is 122 Å². The van der Waals surface area contributed by atoms with E-state index in [1.54, 1.807) is 4.90 Å². The second kappa shape index (κ2) is 5.97. The van der Waals surface area contributed by atoms with Gasteiger partial charge in [0.2, 0.25) is 0 Å². The summed E-state index contributed by atoms with van der Waals surface area (Å²) in [6, 6.07) is 3.04. The summed E-state index contributed by atoms with van der Waals surface area (Å²) in [5.41, 5.74) is 0.00900. The molecular formula is C15H18F2N2O2. The summed E-state index contributed by atoms with van der Waals surface area (Å²) >= 11 is 0. The summed E-state index contributed by atoms with van der Waals surface area (Å²) < 4.78 is 31.8. The molecule has 6 heteroatoms. The van der Waals surface area contributed by atoms with Crippen molar-refractivity contribution in [1.29, 1.82) is 0 Å². The molecule has 2 aliphatic rings. The van der Waals surface area contributed by atoms with Crippen molar-refractivity contribution in [2.24, 2.45) is 5.92 Å². The van der Waals surface area contributed by atoms with Crippen LogP contribution < -0.4 is 5.32 Å². The molecular weight excluding hydrogens is 278 g/mol. The molecule has 1 saturated carbocycles. The standard InChI is InChI=1S/C15H18F2N2O2/c16-11-1-4-14(13(17)7-11)18-15(20)19(12-2-3-12)8-10-5-6-21-9-10/h1,4,7,10,12H,2-3,5-6,8-9H2,(H,18,20)/t10-/m1/s1. The Hall–Kier alpha value is -1.69. The van der Waals surface area contributed by atoms with Crippen LogP contribution in [0.4, 0.5) is 19.3 Å². The summed E-state index contributed by atoms with van der Waals surface area (Å²) in [7, 11) is 0. The normalized spacial score (nSPS) is 21.3. The number of anilines is 1. The Bertz CT molecular complexity index is 528. The molecule has 1 aliphatic heterocycles. The molecule has 0 radical (unpaired) electrons. The highest BCUT2D eigenvalue weighted by atomic mass is 19.1. The van der Waals surface area contributed by atoms with Gasteiger partial charge in [0, 0.05) is 31.2 Å². The highest BCUT2D eigenvalue weighted by Crippen LogP contribution is 2.30. The van der Waals surface area contributed by atoms with Crippen molar-refractivity contribution in [2.75, 3.05) is 25.1 Å². The lowest BCUT2D eigenvalue weighted by molar-refractivity contribution is 0.167. The van der Waals surface area contributed by atoms with Crippen molar-refractivity contribution in [3.63, 3.8) is 0 Å². The molecule has 114 valence electrons. The van der Waals surface area contributed by atoms with Crippen LogP contribution in [0.25, 0.3) is 0 Å². The van der Waals surface area contributed by atoms with E-state index in [1.807, 2.05) is 0 Å². The quantitative estimate of drug-likeness (QED) is 0.928. The molecule has 1 N–H and O–H groups in total. The van der Waals surface area contributed by atoms with Gasteiger partial charge in [-0.05, 0) is 31.4 Å². The van der Waals surface area contributed by atoms with Crippen molar-refractivity contribution in [1.82, 2.24) is 4.90 Å². The Morgan fingerprint density at radius 2 is 2.14 bits per heavy atom. The first-order valence-corrected chi connectivity index (χ1v) is 7.24. The Morgan fingerprint density at radius 3 is 2.76 bits per heavy atom. The fourth-order valence-corrected chi connectivity index (χ4v) is 2.57. The van der Waals surface area contributed by atoms with E-state index in [4.69, 9.17) is 4.74 Å². The smallest absolute Gasteiger partial charge is 0.322 e. The number of urea groups is 1. The first kappa shape index (κ1) is 14.3. The van der Waals surface area contributed by atoms with Crippen molar-refractivity contribution >= 4 is 11.7 Å². The zero-order valence-corrected chi connectivity index (χ0v) is 11.6. The van der Waals surface area contributed by atoms with Gasteiger partial charge in [-0.3, -0.25) is 0 Å². The van der Waals surface area contributed by atoms with Gasteiger partial charge in [0.05, 0.1) is 12.3 Å². The molecule has 1 aromatic rings. The highest BCUT2D eigenvalue weighted by Gasteiger charge is 2.35. The lowest BCUT2D eigenvalue weighted by atomic mass is 10.1. The van der Waals surface area contributed by atoms with E-state index in [1.165, 1.54) is 6.07 Å². The molecule has 1 atom stereocenters. The maximum Gasteiger partial charge on any atom is 0.322 e. The van der Waals surface area contributed by atoms with Gasteiger partial charge >= 0.3 is 6.03 Å². The predicted molar refractivity (Wildman–Crippen MR) is 74.0 cm³/mol. The molecule has 1 aliphatic carbocycles. The Kier molecular flexibility index (Phi) is 4.05. The van der Waals surface area contributed by atoms with Crippen LogP contribution in [-0.4, -0.2) is 36.7 Å². The number of carbonyl (C=O) groups excluding carboxylic acids is 1. The first-order valence-electron chi connectivity index (χ1n) is 7.24. The lowest BCUT2D eigenvalue weighted by Gasteiger charge is -2.25. The number of benzene rings is 1. The van der Waals surface area contributed by atoms with Crippen LogP contribution in [-0.2, 0) is 4.74 Å². The van der Waals surface area contributed by atoms with E-state index in [2.05, 4.69) is 5.32 Å². The number of nitrogens with one attached hydrogen (secondary N) is 1. The average molecular weight is 296 g/mol. The van der Waals surface area contributed by atoms with Crippen molar-refractivity contribution < 1.29 is 18.3 Å². The van der Waals surface area contributed by atoms with E-state index in [-0.39, 0.29) is 17.8 Å². The molecule has 1 aromatic carbocycles. The molecule has 2 amide bonds. The topological polar surface area (TPSA) is 41.6 Å². The fourth-order valence-electron chi connectivity index (χ4n) is 2.57. The minimum atomic E-state index is -0.761. The molecule has 0 spiro atoms. The number of halogens is 2. The number of hydrogen-bond acceptors (Lipinski definition) is 2. The average Bonchev–Trinajstić information content (AvgIpc) is 3.16. The van der Waals surface area contributed by atoms with Crippen LogP contribution in [0, 0.1) is 17.6 Å². The van der Waals surface area contributed by atoms with Gasteiger partial charge in [-0.15, -0.1) is 0 Å². The van der Waals surface area contributed by atoms with Crippen LogP contribution in [0.1, 0.15) is 19.3 Å². The van der Waals surface area contributed by atoms with Crippen LogP contribution in [0.2, 0.25) is 0 Å².